The molecule has 1 aliphatic rings. The molecule has 2 unspecified atom stereocenters. The molecule has 4 heteroatoms. The van der Waals surface area contributed by atoms with E-state index in [0.717, 1.165) is 19.6 Å². The van der Waals surface area contributed by atoms with Gasteiger partial charge in [0.05, 0.1) is 5.92 Å². The van der Waals surface area contributed by atoms with Crippen molar-refractivity contribution in [2.24, 2.45) is 11.7 Å². The topological polar surface area (TPSA) is 67.2 Å². The number of carbonyl (C=O) groups is 1. The van der Waals surface area contributed by atoms with E-state index in [1.54, 1.807) is 6.08 Å². The van der Waals surface area contributed by atoms with Crippen molar-refractivity contribution in [2.75, 3.05) is 19.6 Å². The fraction of sp³-hybridized carbons (Fsp3) is 0.625. The first kappa shape index (κ1) is 9.22. The van der Waals surface area contributed by atoms with Crippen LogP contribution in [0.15, 0.2) is 12.7 Å². The average Bonchev–Trinajstić information content (AvgIpc) is 2.07. The van der Waals surface area contributed by atoms with Gasteiger partial charge in [-0.05, 0) is 0 Å². The van der Waals surface area contributed by atoms with E-state index in [4.69, 9.17) is 5.73 Å². The molecule has 0 aromatic carbocycles. The molecule has 2 atom stereocenters. The Morgan fingerprint density at radius 1 is 1.67 bits per heavy atom. The van der Waals surface area contributed by atoms with Crippen LogP contribution in [0, 0.1) is 5.92 Å². The standard InChI is InChI=1S/C8H15N3O/c1-2-6(8(9)12)7-5-10-3-4-11-7/h2,6-7,10-11H,1,3-5H2,(H2,9,12). The van der Waals surface area contributed by atoms with Crippen LogP contribution in [0.2, 0.25) is 0 Å². The number of carbonyl (C=O) groups excluding carboxylic acids is 1. The van der Waals surface area contributed by atoms with Crippen molar-refractivity contribution in [1.82, 2.24) is 10.6 Å². The smallest absolute Gasteiger partial charge is 0.225 e. The molecule has 1 saturated heterocycles. The Morgan fingerprint density at radius 2 is 2.42 bits per heavy atom. The highest BCUT2D eigenvalue weighted by Gasteiger charge is 2.24. The van der Waals surface area contributed by atoms with Crippen LogP contribution in [-0.4, -0.2) is 31.6 Å². The summed E-state index contributed by atoms with van der Waals surface area (Å²) >= 11 is 0. The summed E-state index contributed by atoms with van der Waals surface area (Å²) in [6.45, 7) is 6.19. The van der Waals surface area contributed by atoms with Crippen molar-refractivity contribution < 1.29 is 4.79 Å². The lowest BCUT2D eigenvalue weighted by atomic mass is 9.98. The first-order chi connectivity index (χ1) is 5.75. The number of primary amides is 1. The van der Waals surface area contributed by atoms with Crippen LogP contribution in [0.5, 0.6) is 0 Å². The first-order valence-corrected chi connectivity index (χ1v) is 4.11. The van der Waals surface area contributed by atoms with Crippen molar-refractivity contribution in [3.63, 3.8) is 0 Å². The minimum absolute atomic E-state index is 0.105. The minimum atomic E-state index is -0.314. The van der Waals surface area contributed by atoms with E-state index in [1.165, 1.54) is 0 Å². The molecule has 0 spiro atoms. The fourth-order valence-electron chi connectivity index (χ4n) is 1.41. The van der Waals surface area contributed by atoms with Gasteiger partial charge in [0.15, 0.2) is 0 Å². The maximum atomic E-state index is 10.9. The maximum absolute atomic E-state index is 10.9. The van der Waals surface area contributed by atoms with E-state index in [2.05, 4.69) is 17.2 Å². The molecule has 1 amide bonds. The summed E-state index contributed by atoms with van der Waals surface area (Å²) in [5.74, 6) is -0.580. The number of nitrogens with one attached hydrogen (secondary N) is 2. The number of amides is 1. The van der Waals surface area contributed by atoms with Gasteiger partial charge in [-0.1, -0.05) is 6.08 Å². The molecule has 0 aromatic heterocycles. The summed E-state index contributed by atoms with van der Waals surface area (Å²) < 4.78 is 0. The molecule has 1 aliphatic heterocycles. The third-order valence-corrected chi connectivity index (χ3v) is 2.09. The van der Waals surface area contributed by atoms with Crippen LogP contribution >= 0.6 is 0 Å². The van der Waals surface area contributed by atoms with E-state index in [1.807, 2.05) is 0 Å². The second-order valence-corrected chi connectivity index (χ2v) is 2.93. The highest BCUT2D eigenvalue weighted by Crippen LogP contribution is 2.05. The normalized spacial score (nSPS) is 26.2. The lowest BCUT2D eigenvalue weighted by Gasteiger charge is -2.28. The summed E-state index contributed by atoms with van der Waals surface area (Å²) in [6, 6.07) is 0.105. The molecule has 0 bridgehead atoms. The summed E-state index contributed by atoms with van der Waals surface area (Å²) in [7, 11) is 0. The molecule has 1 fully saturated rings. The number of nitrogens with two attached hydrogens (primary N) is 1. The Bertz CT molecular complexity index is 175. The number of hydrogen-bond acceptors (Lipinski definition) is 3. The van der Waals surface area contributed by atoms with Crippen LogP contribution in [0.4, 0.5) is 0 Å². The van der Waals surface area contributed by atoms with E-state index in [0.29, 0.717) is 0 Å². The van der Waals surface area contributed by atoms with Gasteiger partial charge in [0.25, 0.3) is 0 Å². The highest BCUT2D eigenvalue weighted by molar-refractivity contribution is 5.79. The molecule has 0 aromatic rings. The Kier molecular flexibility index (Phi) is 3.25. The lowest BCUT2D eigenvalue weighted by Crippen LogP contribution is -2.54. The number of rotatable bonds is 3. The average molecular weight is 169 g/mol. The molecule has 4 nitrogen and oxygen atoms in total. The molecule has 12 heavy (non-hydrogen) atoms. The predicted octanol–water partition coefficient (Wildman–Crippen LogP) is -1.16. The van der Waals surface area contributed by atoms with E-state index >= 15 is 0 Å². The van der Waals surface area contributed by atoms with E-state index < -0.39 is 0 Å². The van der Waals surface area contributed by atoms with Crippen LogP contribution in [0.25, 0.3) is 0 Å². The van der Waals surface area contributed by atoms with E-state index in [9.17, 15) is 4.79 Å². The van der Waals surface area contributed by atoms with Crippen LogP contribution in [0.1, 0.15) is 0 Å². The second-order valence-electron chi connectivity index (χ2n) is 2.93. The summed E-state index contributed by atoms with van der Waals surface area (Å²) in [6.07, 6.45) is 1.60. The molecule has 68 valence electrons. The minimum Gasteiger partial charge on any atom is -0.369 e. The van der Waals surface area contributed by atoms with Crippen molar-refractivity contribution in [3.8, 4) is 0 Å². The molecule has 0 radical (unpaired) electrons. The third kappa shape index (κ3) is 2.06. The van der Waals surface area contributed by atoms with Crippen molar-refractivity contribution in [2.45, 2.75) is 6.04 Å². The largest absolute Gasteiger partial charge is 0.369 e. The molecular weight excluding hydrogens is 154 g/mol. The predicted molar refractivity (Wildman–Crippen MR) is 47.5 cm³/mol. The van der Waals surface area contributed by atoms with Gasteiger partial charge in [0, 0.05) is 25.7 Å². The summed E-state index contributed by atoms with van der Waals surface area (Å²) in [5.41, 5.74) is 5.20. The number of piperazine rings is 1. The zero-order valence-corrected chi connectivity index (χ0v) is 7.05. The number of hydrogen-bond donors (Lipinski definition) is 3. The van der Waals surface area contributed by atoms with Gasteiger partial charge in [0.1, 0.15) is 0 Å². The Labute approximate surface area is 72.2 Å². The molecule has 1 rings (SSSR count). The van der Waals surface area contributed by atoms with Crippen molar-refractivity contribution >= 4 is 5.91 Å². The zero-order valence-electron chi connectivity index (χ0n) is 7.05. The van der Waals surface area contributed by atoms with Gasteiger partial charge in [0.2, 0.25) is 5.91 Å². The molecular formula is C8H15N3O. The lowest BCUT2D eigenvalue weighted by molar-refractivity contribution is -0.121. The Morgan fingerprint density at radius 3 is 2.83 bits per heavy atom. The summed E-state index contributed by atoms with van der Waals surface area (Å²) in [5, 5.41) is 6.40. The molecule has 0 saturated carbocycles. The van der Waals surface area contributed by atoms with E-state index in [-0.39, 0.29) is 17.9 Å². The van der Waals surface area contributed by atoms with Gasteiger partial charge in [-0.15, -0.1) is 6.58 Å². The first-order valence-electron chi connectivity index (χ1n) is 4.11. The maximum Gasteiger partial charge on any atom is 0.225 e. The Balaban J connectivity index is 2.51. The monoisotopic (exact) mass is 169 g/mol. The SMILES string of the molecule is C=CC(C(N)=O)C1CNCCN1. The van der Waals surface area contributed by atoms with Gasteiger partial charge < -0.3 is 16.4 Å². The molecule has 4 N–H and O–H groups in total. The van der Waals surface area contributed by atoms with Crippen LogP contribution in [0.3, 0.4) is 0 Å². The van der Waals surface area contributed by atoms with Crippen LogP contribution < -0.4 is 16.4 Å². The zero-order chi connectivity index (χ0) is 8.97. The third-order valence-electron chi connectivity index (χ3n) is 2.09. The van der Waals surface area contributed by atoms with Crippen molar-refractivity contribution in [1.29, 1.82) is 0 Å². The van der Waals surface area contributed by atoms with Gasteiger partial charge in [-0.3, -0.25) is 4.79 Å². The quantitative estimate of drug-likeness (QED) is 0.467. The second kappa shape index (κ2) is 4.23. The van der Waals surface area contributed by atoms with Gasteiger partial charge in [-0.2, -0.15) is 0 Å². The van der Waals surface area contributed by atoms with Gasteiger partial charge in [-0.25, -0.2) is 0 Å². The highest BCUT2D eigenvalue weighted by atomic mass is 16.1. The van der Waals surface area contributed by atoms with Crippen LogP contribution in [-0.2, 0) is 4.79 Å². The summed E-state index contributed by atoms with van der Waals surface area (Å²) in [4.78, 5) is 10.9. The van der Waals surface area contributed by atoms with Crippen molar-refractivity contribution in [3.05, 3.63) is 12.7 Å². The van der Waals surface area contributed by atoms with Gasteiger partial charge >= 0.3 is 0 Å². The fourth-order valence-corrected chi connectivity index (χ4v) is 1.41. The molecule has 1 heterocycles. The molecule has 0 aliphatic carbocycles. The Hall–Kier alpha value is -0.870.